The first-order chi connectivity index (χ1) is 7.28. The van der Waals surface area contributed by atoms with Crippen LogP contribution in [0.5, 0.6) is 0 Å². The molecular formula is C9H20NO4PS. The van der Waals surface area contributed by atoms with Gasteiger partial charge < -0.3 is 20.6 Å². The fraction of sp³-hybridized carbons (Fsp3) is 1.00. The number of nitrogens with two attached hydrogens (primary N) is 1. The Morgan fingerprint density at radius 2 is 2.12 bits per heavy atom. The molecule has 0 radical (unpaired) electrons. The van der Waals surface area contributed by atoms with Crippen LogP contribution in [0.1, 0.15) is 32.6 Å². The number of hydrogen-bond donors (Lipinski definition) is 4. The third kappa shape index (κ3) is 3.45. The van der Waals surface area contributed by atoms with Crippen LogP contribution in [0.3, 0.4) is 0 Å². The average molecular weight is 269 g/mol. The Morgan fingerprint density at radius 3 is 2.56 bits per heavy atom. The van der Waals surface area contributed by atoms with Gasteiger partial charge in [-0.2, -0.15) is 0 Å². The van der Waals surface area contributed by atoms with Gasteiger partial charge in [0, 0.05) is 5.25 Å². The Labute approximate surface area is 100.0 Å². The molecule has 16 heavy (non-hydrogen) atoms. The van der Waals surface area contributed by atoms with Crippen molar-refractivity contribution >= 4 is 19.4 Å². The summed E-state index contributed by atoms with van der Waals surface area (Å²) >= 11 is 1.04. The van der Waals surface area contributed by atoms with Gasteiger partial charge in [-0.3, -0.25) is 4.57 Å². The SMILES string of the molecule is CC1CCCC(SC(N)(CO)P(=O)(O)O)C1. The first-order valence-electron chi connectivity index (χ1n) is 5.41. The second kappa shape index (κ2) is 5.38. The molecule has 0 spiro atoms. The van der Waals surface area contributed by atoms with Crippen molar-refractivity contribution in [3.63, 3.8) is 0 Å². The summed E-state index contributed by atoms with van der Waals surface area (Å²) in [6, 6.07) is 0. The zero-order chi connectivity index (χ0) is 12.4. The van der Waals surface area contributed by atoms with E-state index in [0.717, 1.165) is 37.4 Å². The Kier molecular flexibility index (Phi) is 4.87. The lowest BCUT2D eigenvalue weighted by Gasteiger charge is -2.34. The lowest BCUT2D eigenvalue weighted by Crippen LogP contribution is -2.42. The predicted molar refractivity (Wildman–Crippen MR) is 65.1 cm³/mol. The van der Waals surface area contributed by atoms with Gasteiger partial charge in [0.2, 0.25) is 0 Å². The molecule has 1 aliphatic carbocycles. The van der Waals surface area contributed by atoms with Gasteiger partial charge in [0.25, 0.3) is 0 Å². The van der Waals surface area contributed by atoms with Gasteiger partial charge in [-0.15, -0.1) is 11.8 Å². The summed E-state index contributed by atoms with van der Waals surface area (Å²) in [6.07, 6.45) is 4.03. The molecule has 0 amide bonds. The highest BCUT2D eigenvalue weighted by Gasteiger charge is 2.45. The molecule has 1 saturated carbocycles. The molecule has 96 valence electrons. The van der Waals surface area contributed by atoms with E-state index in [9.17, 15) is 4.57 Å². The first kappa shape index (κ1) is 14.5. The lowest BCUT2D eigenvalue weighted by molar-refractivity contribution is 0.253. The summed E-state index contributed by atoms with van der Waals surface area (Å²) in [6.45, 7) is 1.42. The molecule has 0 aromatic heterocycles. The fourth-order valence-electron chi connectivity index (χ4n) is 1.97. The maximum absolute atomic E-state index is 11.2. The summed E-state index contributed by atoms with van der Waals surface area (Å²) in [4.78, 5) is 18.3. The van der Waals surface area contributed by atoms with Crippen molar-refractivity contribution in [1.29, 1.82) is 0 Å². The fourth-order valence-corrected chi connectivity index (χ4v) is 4.51. The van der Waals surface area contributed by atoms with E-state index in [1.54, 1.807) is 0 Å². The average Bonchev–Trinajstić information content (AvgIpc) is 2.15. The van der Waals surface area contributed by atoms with Crippen molar-refractivity contribution in [3.8, 4) is 0 Å². The Morgan fingerprint density at radius 1 is 1.50 bits per heavy atom. The molecule has 0 heterocycles. The van der Waals surface area contributed by atoms with Crippen LogP contribution in [0, 0.1) is 5.92 Å². The van der Waals surface area contributed by atoms with Crippen LogP contribution in [0.2, 0.25) is 0 Å². The van der Waals surface area contributed by atoms with Crippen LogP contribution in [0.4, 0.5) is 0 Å². The van der Waals surface area contributed by atoms with E-state index in [4.69, 9.17) is 20.6 Å². The summed E-state index contributed by atoms with van der Waals surface area (Å²) in [5.74, 6) is 0.561. The Hall–Kier alpha value is 0.420. The lowest BCUT2D eigenvalue weighted by atomic mass is 9.91. The van der Waals surface area contributed by atoms with Gasteiger partial charge in [-0.25, -0.2) is 0 Å². The van der Waals surface area contributed by atoms with Crippen LogP contribution in [0.25, 0.3) is 0 Å². The second-order valence-corrected chi connectivity index (χ2v) is 8.38. The van der Waals surface area contributed by atoms with Gasteiger partial charge in [0.05, 0.1) is 6.61 Å². The molecule has 0 aromatic carbocycles. The van der Waals surface area contributed by atoms with E-state index in [1.165, 1.54) is 0 Å². The van der Waals surface area contributed by atoms with Gasteiger partial charge in [0.1, 0.15) is 0 Å². The maximum atomic E-state index is 11.2. The molecule has 0 aromatic rings. The smallest absolute Gasteiger partial charge is 0.357 e. The highest BCUT2D eigenvalue weighted by Crippen LogP contribution is 2.55. The highest BCUT2D eigenvalue weighted by molar-refractivity contribution is 8.06. The maximum Gasteiger partial charge on any atom is 0.357 e. The minimum atomic E-state index is -4.48. The summed E-state index contributed by atoms with van der Waals surface area (Å²) in [5.41, 5.74) is 5.60. The molecule has 5 nitrogen and oxygen atoms in total. The van der Waals surface area contributed by atoms with Crippen molar-refractivity contribution in [3.05, 3.63) is 0 Å². The standard InChI is InChI=1S/C9H20NO4PS/c1-7-3-2-4-8(5-7)16-9(10,6-11)15(12,13)14/h7-8,11H,2-6,10H2,1H3,(H2,12,13,14). The van der Waals surface area contributed by atoms with E-state index < -0.39 is 18.8 Å². The number of aliphatic hydroxyl groups is 1. The number of hydrogen-bond acceptors (Lipinski definition) is 4. The van der Waals surface area contributed by atoms with Crippen LogP contribution in [-0.4, -0.2) is 31.4 Å². The second-order valence-electron chi connectivity index (χ2n) is 4.56. The van der Waals surface area contributed by atoms with Crippen LogP contribution in [-0.2, 0) is 4.57 Å². The number of rotatable bonds is 4. The summed E-state index contributed by atoms with van der Waals surface area (Å²) < 4.78 is 9.39. The summed E-state index contributed by atoms with van der Waals surface area (Å²) in [7, 11) is -4.48. The molecule has 1 aliphatic rings. The van der Waals surface area contributed by atoms with E-state index >= 15 is 0 Å². The minimum Gasteiger partial charge on any atom is -0.393 e. The Bertz CT molecular complexity index is 285. The largest absolute Gasteiger partial charge is 0.393 e. The molecule has 7 heteroatoms. The molecule has 3 unspecified atom stereocenters. The first-order valence-corrected chi connectivity index (χ1v) is 7.91. The monoisotopic (exact) mass is 269 g/mol. The van der Waals surface area contributed by atoms with Crippen molar-refractivity contribution in [2.45, 2.75) is 42.5 Å². The highest BCUT2D eigenvalue weighted by atomic mass is 32.2. The molecule has 5 N–H and O–H groups in total. The number of aliphatic hydroxyl groups excluding tert-OH is 1. The van der Waals surface area contributed by atoms with Crippen molar-refractivity contribution in [1.82, 2.24) is 0 Å². The van der Waals surface area contributed by atoms with Crippen molar-refractivity contribution < 1.29 is 19.5 Å². The van der Waals surface area contributed by atoms with Gasteiger partial charge in [-0.1, -0.05) is 19.8 Å². The molecule has 1 fully saturated rings. The molecule has 1 rings (SSSR count). The third-order valence-electron chi connectivity index (χ3n) is 2.98. The molecule has 3 atom stereocenters. The van der Waals surface area contributed by atoms with E-state index in [2.05, 4.69) is 6.92 Å². The zero-order valence-electron chi connectivity index (χ0n) is 9.37. The molecule has 0 saturated heterocycles. The van der Waals surface area contributed by atoms with E-state index in [-0.39, 0.29) is 5.25 Å². The van der Waals surface area contributed by atoms with Crippen LogP contribution >= 0.6 is 19.4 Å². The predicted octanol–water partition coefficient (Wildman–Crippen LogP) is 1.08. The van der Waals surface area contributed by atoms with Gasteiger partial charge in [-0.05, 0) is 18.8 Å². The van der Waals surface area contributed by atoms with Crippen molar-refractivity contribution in [2.75, 3.05) is 6.61 Å². The molecule has 0 aliphatic heterocycles. The topological polar surface area (TPSA) is 104 Å². The number of thioether (sulfide) groups is 1. The summed E-state index contributed by atoms with van der Waals surface area (Å²) in [5, 5.41) is 9.21. The molecule has 0 bridgehead atoms. The van der Waals surface area contributed by atoms with Crippen molar-refractivity contribution in [2.24, 2.45) is 11.7 Å². The van der Waals surface area contributed by atoms with Gasteiger partial charge in [0.15, 0.2) is 4.61 Å². The van der Waals surface area contributed by atoms with Gasteiger partial charge >= 0.3 is 7.60 Å². The minimum absolute atomic E-state index is 0.133. The van der Waals surface area contributed by atoms with E-state index in [0.29, 0.717) is 5.92 Å². The molecular weight excluding hydrogens is 249 g/mol. The van der Waals surface area contributed by atoms with E-state index in [1.807, 2.05) is 0 Å². The van der Waals surface area contributed by atoms with Crippen LogP contribution in [0.15, 0.2) is 0 Å². The normalized spacial score (nSPS) is 31.1. The quantitative estimate of drug-likeness (QED) is 0.450. The van der Waals surface area contributed by atoms with Crippen LogP contribution < -0.4 is 5.73 Å². The Balaban J connectivity index is 2.66. The third-order valence-corrected chi connectivity index (χ3v) is 6.43. The zero-order valence-corrected chi connectivity index (χ0v) is 11.1.